The summed E-state index contributed by atoms with van der Waals surface area (Å²) in [5.41, 5.74) is 7.24. The molecule has 4 N–H and O–H groups in total. The van der Waals surface area contributed by atoms with Gasteiger partial charge < -0.3 is 25.7 Å². The van der Waals surface area contributed by atoms with Crippen molar-refractivity contribution in [1.29, 1.82) is 0 Å². The quantitative estimate of drug-likeness (QED) is 0.0750. The number of nitrogens with one attached hydrogen (secondary N) is 1. The highest BCUT2D eigenvalue weighted by molar-refractivity contribution is 8.00. The Labute approximate surface area is 270 Å². The number of β-lactam (4-membered cyclic amide) rings is 1. The van der Waals surface area contributed by atoms with E-state index < -0.39 is 46.8 Å². The van der Waals surface area contributed by atoms with Crippen LogP contribution in [0, 0.1) is 5.82 Å². The first-order valence-electron chi connectivity index (χ1n) is 13.9. The lowest BCUT2D eigenvalue weighted by atomic mass is 10.0. The Kier molecular flexibility index (Phi) is 8.99. The molecule has 2 aliphatic rings. The number of carbonyl (C=O) groups excluding carboxylic acids is 3. The maximum atomic E-state index is 14.1. The van der Waals surface area contributed by atoms with Crippen molar-refractivity contribution in [3.63, 3.8) is 0 Å². The van der Waals surface area contributed by atoms with Crippen LogP contribution in [-0.2, 0) is 19.1 Å². The van der Waals surface area contributed by atoms with E-state index >= 15 is 0 Å². The molecule has 0 aliphatic carbocycles. The molecule has 1 saturated heterocycles. The lowest BCUT2D eigenvalue weighted by molar-refractivity contribution is -0.154. The van der Waals surface area contributed by atoms with Crippen LogP contribution in [0.3, 0.4) is 0 Å². The molecule has 11 nitrogen and oxygen atoms in total. The number of fused-ring (bicyclic) bond motifs is 1. The van der Waals surface area contributed by atoms with Crippen molar-refractivity contribution in [1.82, 2.24) is 15.2 Å². The zero-order valence-electron chi connectivity index (χ0n) is 23.9. The Morgan fingerprint density at radius 2 is 1.72 bits per heavy atom. The number of aromatic nitrogens is 1. The molecule has 0 bridgehead atoms. The van der Waals surface area contributed by atoms with Crippen LogP contribution < -0.4 is 15.8 Å². The van der Waals surface area contributed by atoms with E-state index in [1.165, 1.54) is 46.3 Å². The molecular weight excluding hydrogens is 634 g/mol. The van der Waals surface area contributed by atoms with Crippen LogP contribution >= 0.6 is 23.1 Å². The number of nitrogens with two attached hydrogens (primary N) is 1. The second-order valence-electron chi connectivity index (χ2n) is 10.2. The summed E-state index contributed by atoms with van der Waals surface area (Å²) in [7, 11) is 0. The van der Waals surface area contributed by atoms with Crippen LogP contribution in [0.4, 0.5) is 9.52 Å². The van der Waals surface area contributed by atoms with E-state index in [2.05, 4.69) is 15.5 Å². The van der Waals surface area contributed by atoms with Gasteiger partial charge in [-0.3, -0.25) is 14.5 Å². The van der Waals surface area contributed by atoms with Gasteiger partial charge >= 0.3 is 5.97 Å². The number of amides is 2. The number of esters is 1. The molecule has 4 aromatic rings. The summed E-state index contributed by atoms with van der Waals surface area (Å²) >= 11 is 2.37. The molecule has 3 aromatic carbocycles. The van der Waals surface area contributed by atoms with Gasteiger partial charge in [-0.05, 0) is 35.4 Å². The van der Waals surface area contributed by atoms with Crippen molar-refractivity contribution in [2.24, 2.45) is 5.16 Å². The van der Waals surface area contributed by atoms with E-state index in [4.69, 9.17) is 15.2 Å². The molecule has 2 atom stereocenters. The lowest BCUT2D eigenvalue weighted by Crippen LogP contribution is -2.71. The second-order valence-corrected chi connectivity index (χ2v) is 12.2. The zero-order valence-corrected chi connectivity index (χ0v) is 25.5. The van der Waals surface area contributed by atoms with Crippen molar-refractivity contribution in [3.8, 4) is 5.75 Å². The third-order valence-corrected chi connectivity index (χ3v) is 9.28. The number of thioether (sulfide) groups is 1. The van der Waals surface area contributed by atoms with Crippen LogP contribution in [0.1, 0.15) is 22.9 Å². The highest BCUT2D eigenvalue weighted by atomic mass is 32.2. The molecule has 0 radical (unpaired) electrons. The van der Waals surface area contributed by atoms with Gasteiger partial charge in [0.05, 0.1) is 0 Å². The monoisotopic (exact) mass is 659 g/mol. The maximum absolute atomic E-state index is 14.1. The van der Waals surface area contributed by atoms with Gasteiger partial charge in [-0.25, -0.2) is 14.2 Å². The minimum atomic E-state index is -1.04. The summed E-state index contributed by atoms with van der Waals surface area (Å²) in [4.78, 5) is 46.0. The highest BCUT2D eigenvalue weighted by Crippen LogP contribution is 2.42. The minimum absolute atomic E-state index is 0.00143. The Balaban J connectivity index is 1.28. The summed E-state index contributed by atoms with van der Waals surface area (Å²) in [5, 5.41) is 16.1. The van der Waals surface area contributed by atoms with Gasteiger partial charge in [0, 0.05) is 16.7 Å². The molecule has 1 aromatic heterocycles. The summed E-state index contributed by atoms with van der Waals surface area (Å²) < 4.78 is 25.5. The number of carbonyl (C=O) groups is 3. The molecule has 1 fully saturated rings. The lowest BCUT2D eigenvalue weighted by Gasteiger charge is -2.49. The first kappa shape index (κ1) is 30.8. The maximum Gasteiger partial charge on any atom is 0.356 e. The Morgan fingerprint density at radius 3 is 2.30 bits per heavy atom. The van der Waals surface area contributed by atoms with Crippen molar-refractivity contribution in [2.75, 3.05) is 18.1 Å². The van der Waals surface area contributed by atoms with Crippen molar-refractivity contribution in [3.05, 3.63) is 124 Å². The molecule has 3 heterocycles. The summed E-state index contributed by atoms with van der Waals surface area (Å²) in [6.45, 7) is -0.0789. The van der Waals surface area contributed by atoms with Crippen molar-refractivity contribution < 1.29 is 33.5 Å². The van der Waals surface area contributed by atoms with E-state index in [1.807, 2.05) is 60.7 Å². The van der Waals surface area contributed by atoms with E-state index in [-0.39, 0.29) is 28.9 Å². The predicted molar refractivity (Wildman–Crippen MR) is 170 cm³/mol. The predicted octanol–water partition coefficient (Wildman–Crippen LogP) is 4.11. The average Bonchev–Trinajstić information content (AvgIpc) is 3.51. The minimum Gasteiger partial charge on any atom is -0.489 e. The Bertz CT molecular complexity index is 1780. The standard InChI is InChI=1S/C32H26FN5O6S2/c33-21-11-13-22(14-12-21)43-15-20-16-45-30-25(36-28(39)24(37-42)23-17-46-32(34)35-23)29(40)38(30)26(20)31(41)44-27(18-7-3-1-4-8-18)19-9-5-2-6-10-19/h1-14,17,25,27,30,42H,15-16H2,(H2,34,35)(H,36,39)/t25?,30-/m0/s1. The number of halogens is 1. The number of nitrogen functional groups attached to an aromatic ring is 1. The zero-order chi connectivity index (χ0) is 32.2. The van der Waals surface area contributed by atoms with Crippen LogP contribution in [-0.4, -0.2) is 62.4 Å². The van der Waals surface area contributed by atoms with E-state index in [0.29, 0.717) is 11.3 Å². The van der Waals surface area contributed by atoms with Crippen LogP contribution in [0.5, 0.6) is 5.75 Å². The van der Waals surface area contributed by atoms with Gasteiger partial charge in [0.2, 0.25) is 0 Å². The van der Waals surface area contributed by atoms with E-state index in [9.17, 15) is 24.0 Å². The average molecular weight is 660 g/mol. The van der Waals surface area contributed by atoms with Crippen LogP contribution in [0.15, 0.2) is 107 Å². The first-order chi connectivity index (χ1) is 22.3. The smallest absolute Gasteiger partial charge is 0.356 e. The number of rotatable bonds is 10. The topological polar surface area (TPSA) is 156 Å². The van der Waals surface area contributed by atoms with Gasteiger partial charge in [-0.1, -0.05) is 65.8 Å². The molecule has 2 amide bonds. The van der Waals surface area contributed by atoms with Gasteiger partial charge in [0.25, 0.3) is 11.8 Å². The highest BCUT2D eigenvalue weighted by Gasteiger charge is 2.55. The van der Waals surface area contributed by atoms with Crippen molar-refractivity contribution in [2.45, 2.75) is 17.5 Å². The number of anilines is 1. The van der Waals surface area contributed by atoms with Gasteiger partial charge in [0.15, 0.2) is 16.9 Å². The Hall–Kier alpha value is -5.21. The third kappa shape index (κ3) is 6.30. The van der Waals surface area contributed by atoms with Gasteiger partial charge in [0.1, 0.15) is 41.0 Å². The molecule has 46 heavy (non-hydrogen) atoms. The fourth-order valence-corrected chi connectivity index (χ4v) is 6.93. The van der Waals surface area contributed by atoms with E-state index in [0.717, 1.165) is 22.5 Å². The van der Waals surface area contributed by atoms with Crippen LogP contribution in [0.25, 0.3) is 0 Å². The van der Waals surface area contributed by atoms with Crippen molar-refractivity contribution >= 4 is 51.7 Å². The molecule has 0 saturated carbocycles. The van der Waals surface area contributed by atoms with Gasteiger partial charge in [-0.15, -0.1) is 23.1 Å². The number of nitrogens with zero attached hydrogens (tertiary/aromatic N) is 3. The molecule has 6 rings (SSSR count). The number of hydrogen-bond donors (Lipinski definition) is 3. The fourth-order valence-electron chi connectivity index (χ4n) is 5.05. The first-order valence-corrected chi connectivity index (χ1v) is 15.9. The van der Waals surface area contributed by atoms with E-state index in [1.54, 1.807) is 0 Å². The SMILES string of the molecule is Nc1nc(C(=NO)C(=O)NC2C(=O)N3C(C(=O)OC(c4ccccc4)c4ccccc4)=C(COc4ccc(F)cc4)CS[C@@H]23)cs1. The summed E-state index contributed by atoms with van der Waals surface area (Å²) in [6.07, 6.45) is -0.782. The normalized spacial score (nSPS) is 17.7. The number of benzene rings is 3. The van der Waals surface area contributed by atoms with Gasteiger partial charge in [-0.2, -0.15) is 0 Å². The summed E-state index contributed by atoms with van der Waals surface area (Å²) in [5.74, 6) is -1.95. The molecule has 0 spiro atoms. The molecule has 14 heteroatoms. The summed E-state index contributed by atoms with van der Waals surface area (Å²) in [6, 6.07) is 22.8. The van der Waals surface area contributed by atoms with Crippen LogP contribution in [0.2, 0.25) is 0 Å². The number of oxime groups is 1. The number of thiazole rings is 1. The number of ether oxygens (including phenoxy) is 2. The molecular formula is C32H26FN5O6S2. The number of hydrogen-bond acceptors (Lipinski definition) is 11. The largest absolute Gasteiger partial charge is 0.489 e. The fraction of sp³-hybridized carbons (Fsp3) is 0.156. The Morgan fingerprint density at radius 1 is 1.07 bits per heavy atom. The molecule has 234 valence electrons. The molecule has 1 unspecified atom stereocenters. The molecule has 2 aliphatic heterocycles. The second kappa shape index (κ2) is 13.4. The third-order valence-electron chi connectivity index (χ3n) is 7.26.